The van der Waals surface area contributed by atoms with E-state index in [9.17, 15) is 13.7 Å². The fourth-order valence-corrected chi connectivity index (χ4v) is 4.05. The third kappa shape index (κ3) is 3.20. The molecule has 1 aliphatic rings. The largest absolute Gasteiger partial charge is 0.705 e. The molecular formula is C2H6O8P3+. The van der Waals surface area contributed by atoms with Gasteiger partial charge in [-0.05, 0) is 11.2 Å². The van der Waals surface area contributed by atoms with Gasteiger partial charge in [0.25, 0.3) is 0 Å². The van der Waals surface area contributed by atoms with Crippen molar-refractivity contribution in [3.63, 3.8) is 0 Å². The summed E-state index contributed by atoms with van der Waals surface area (Å²) in [6.45, 7) is 1.36. The SMILES string of the molecule is C[C@H]1OP1(=O)OP(=O)(O)O[P+](=O)O. The third-order valence-electron chi connectivity index (χ3n) is 1.09. The van der Waals surface area contributed by atoms with Gasteiger partial charge in [0.2, 0.25) is 0 Å². The number of hydrogen-bond donors (Lipinski definition) is 2. The molecular weight excluding hydrogens is 245 g/mol. The van der Waals surface area contributed by atoms with Crippen molar-refractivity contribution in [3.8, 4) is 0 Å². The maximum absolute atomic E-state index is 11.0. The molecule has 0 saturated carbocycles. The first kappa shape index (κ1) is 11.4. The Balaban J connectivity index is 2.58. The molecule has 1 aliphatic heterocycles. The molecule has 0 aliphatic carbocycles. The fraction of sp³-hybridized carbons (Fsp3) is 1.00. The van der Waals surface area contributed by atoms with Crippen molar-refractivity contribution in [2.24, 2.45) is 0 Å². The van der Waals surface area contributed by atoms with Crippen LogP contribution >= 0.6 is 23.7 Å². The fourth-order valence-electron chi connectivity index (χ4n) is 0.518. The topological polar surface area (TPSA) is 123 Å². The molecule has 0 radical (unpaired) electrons. The van der Waals surface area contributed by atoms with Gasteiger partial charge in [0.05, 0.1) is 0 Å². The van der Waals surface area contributed by atoms with Crippen LogP contribution in [0.2, 0.25) is 0 Å². The van der Waals surface area contributed by atoms with Gasteiger partial charge in [-0.25, -0.2) is 8.88 Å². The molecule has 2 N–H and O–H groups in total. The molecule has 1 rings (SSSR count). The second-order valence-electron chi connectivity index (χ2n) is 2.11. The van der Waals surface area contributed by atoms with E-state index in [1.807, 2.05) is 0 Å². The van der Waals surface area contributed by atoms with Crippen LogP contribution in [0, 0.1) is 0 Å². The van der Waals surface area contributed by atoms with E-state index in [4.69, 9.17) is 9.79 Å². The Kier molecular flexibility index (Phi) is 3.08. The van der Waals surface area contributed by atoms with Crippen molar-refractivity contribution in [3.05, 3.63) is 0 Å². The highest BCUT2D eigenvalue weighted by Gasteiger charge is 2.57. The zero-order chi connectivity index (χ0) is 10.3. The Morgan fingerprint density at radius 1 is 1.69 bits per heavy atom. The van der Waals surface area contributed by atoms with Gasteiger partial charge < -0.3 is 0 Å². The van der Waals surface area contributed by atoms with E-state index in [1.54, 1.807) is 0 Å². The monoisotopic (exact) mass is 251 g/mol. The summed E-state index contributed by atoms with van der Waals surface area (Å²) in [5.41, 5.74) is 0. The molecule has 3 unspecified atom stereocenters. The second-order valence-corrected chi connectivity index (χ2v) is 6.85. The molecule has 1 fully saturated rings. The highest BCUT2D eigenvalue weighted by molar-refractivity contribution is 7.70. The summed E-state index contributed by atoms with van der Waals surface area (Å²) < 4.78 is 43.8. The van der Waals surface area contributed by atoms with Crippen LogP contribution in [0.4, 0.5) is 0 Å². The molecule has 0 amide bonds. The average molecular weight is 251 g/mol. The van der Waals surface area contributed by atoms with Gasteiger partial charge in [0, 0.05) is 4.57 Å². The molecule has 1 saturated heterocycles. The molecule has 0 spiro atoms. The summed E-state index contributed by atoms with van der Waals surface area (Å²) in [4.78, 5) is 16.8. The van der Waals surface area contributed by atoms with Gasteiger partial charge in [0.15, 0.2) is 5.85 Å². The van der Waals surface area contributed by atoms with Crippen LogP contribution in [0.1, 0.15) is 6.92 Å². The standard InChI is InChI=1S/C2H5O8P3/c1-2-8-12(2,5)10-13(6,7)9-11(3)4/h2H,1H3,(H-,3,4,6,7)/p+1/t2-,12?/m0/s1. The van der Waals surface area contributed by atoms with Crippen LogP contribution in [-0.4, -0.2) is 15.6 Å². The predicted molar refractivity (Wildman–Crippen MR) is 40.0 cm³/mol. The predicted octanol–water partition coefficient (Wildman–Crippen LogP) is 1.34. The Hall–Kier alpha value is 0.360. The van der Waals surface area contributed by atoms with Crippen molar-refractivity contribution in [2.45, 2.75) is 12.8 Å². The smallest absolute Gasteiger partial charge is 0.300 e. The molecule has 0 aromatic carbocycles. The zero-order valence-corrected chi connectivity index (χ0v) is 8.95. The second kappa shape index (κ2) is 3.50. The van der Waals surface area contributed by atoms with Crippen LogP contribution in [0.15, 0.2) is 0 Å². The van der Waals surface area contributed by atoms with Gasteiger partial charge in [-0.3, -0.25) is 14.0 Å². The minimum atomic E-state index is -4.77. The molecule has 0 bridgehead atoms. The zero-order valence-electron chi connectivity index (χ0n) is 6.26. The van der Waals surface area contributed by atoms with Crippen LogP contribution < -0.4 is 0 Å². The van der Waals surface area contributed by atoms with E-state index >= 15 is 0 Å². The van der Waals surface area contributed by atoms with Gasteiger partial charge in [-0.15, -0.1) is 4.89 Å². The number of phosphoric acid groups is 1. The van der Waals surface area contributed by atoms with E-state index in [0.29, 0.717) is 0 Å². The lowest BCUT2D eigenvalue weighted by Gasteiger charge is -1.99. The van der Waals surface area contributed by atoms with Crippen LogP contribution in [0.5, 0.6) is 0 Å². The Morgan fingerprint density at radius 3 is 2.46 bits per heavy atom. The van der Waals surface area contributed by atoms with Gasteiger partial charge in [-0.2, -0.15) is 0 Å². The average Bonchev–Trinajstić information content (AvgIpc) is 2.31. The summed E-state index contributed by atoms with van der Waals surface area (Å²) in [7, 11) is -11.6. The Morgan fingerprint density at radius 2 is 2.15 bits per heavy atom. The van der Waals surface area contributed by atoms with E-state index < -0.39 is 29.5 Å². The minimum absolute atomic E-state index is 0.784. The van der Waals surface area contributed by atoms with Crippen molar-refractivity contribution >= 4 is 23.7 Å². The molecule has 76 valence electrons. The van der Waals surface area contributed by atoms with Gasteiger partial charge in [-0.1, -0.05) is 0 Å². The lowest BCUT2D eigenvalue weighted by molar-refractivity contribution is 0.278. The quantitative estimate of drug-likeness (QED) is 0.566. The lowest BCUT2D eigenvalue weighted by Crippen LogP contribution is -1.83. The maximum Gasteiger partial charge on any atom is 0.705 e. The molecule has 4 atom stereocenters. The third-order valence-corrected chi connectivity index (χ3v) is 5.61. The summed E-state index contributed by atoms with van der Waals surface area (Å²) in [5.74, 6) is -0.784. The number of rotatable bonds is 4. The van der Waals surface area contributed by atoms with Crippen LogP contribution in [0.25, 0.3) is 0 Å². The molecule has 13 heavy (non-hydrogen) atoms. The van der Waals surface area contributed by atoms with Crippen molar-refractivity contribution < 1.29 is 36.6 Å². The summed E-state index contributed by atoms with van der Waals surface area (Å²) >= 11 is 0. The van der Waals surface area contributed by atoms with Crippen LogP contribution in [-0.2, 0) is 26.8 Å². The van der Waals surface area contributed by atoms with Crippen molar-refractivity contribution in [1.82, 2.24) is 0 Å². The molecule has 0 aromatic rings. The maximum atomic E-state index is 11.0. The number of hydrogen-bond acceptors (Lipinski definition) is 6. The summed E-state index contributed by atoms with van der Waals surface area (Å²) in [6.07, 6.45) is 0. The Bertz CT molecular complexity index is 321. The highest BCUT2D eigenvalue weighted by Crippen LogP contribution is 2.77. The summed E-state index contributed by atoms with van der Waals surface area (Å²) in [6, 6.07) is 0. The van der Waals surface area contributed by atoms with E-state index in [2.05, 4.69) is 13.1 Å². The Labute approximate surface area is 73.9 Å². The van der Waals surface area contributed by atoms with E-state index in [1.165, 1.54) is 6.92 Å². The molecule has 1 heterocycles. The van der Waals surface area contributed by atoms with E-state index in [0.717, 1.165) is 0 Å². The molecule has 8 nitrogen and oxygen atoms in total. The van der Waals surface area contributed by atoms with E-state index in [-0.39, 0.29) is 0 Å². The highest BCUT2D eigenvalue weighted by atomic mass is 31.3. The van der Waals surface area contributed by atoms with Crippen molar-refractivity contribution in [2.75, 3.05) is 0 Å². The van der Waals surface area contributed by atoms with Gasteiger partial charge in [0.1, 0.15) is 0 Å². The summed E-state index contributed by atoms with van der Waals surface area (Å²) in [5, 5.41) is 0. The first-order chi connectivity index (χ1) is 5.75. The molecule has 11 heteroatoms. The van der Waals surface area contributed by atoms with Gasteiger partial charge >= 0.3 is 23.7 Å². The normalized spacial score (nSPS) is 38.1. The van der Waals surface area contributed by atoms with Crippen LogP contribution in [0.3, 0.4) is 0 Å². The van der Waals surface area contributed by atoms with Crippen molar-refractivity contribution in [1.29, 1.82) is 0 Å². The first-order valence-corrected chi connectivity index (χ1v) is 7.17. The molecule has 0 aromatic heterocycles. The minimum Gasteiger partial charge on any atom is -0.300 e. The lowest BCUT2D eigenvalue weighted by atomic mass is 10.9. The first-order valence-electron chi connectivity index (χ1n) is 2.93.